The number of nitrogens with zero attached hydrogens (tertiary/aromatic N) is 1. The molecule has 190 valence electrons. The van der Waals surface area contributed by atoms with Crippen LogP contribution in [0.15, 0.2) is 127 Å². The van der Waals surface area contributed by atoms with Crippen LogP contribution in [0.4, 0.5) is 0 Å². The SMILES string of the molecule is c1ccc2c(c1)cc(-n1c3ccccc3c3cc4c(cc31)sc1ccc3[nH]c5ccccc5c3c14)c1ccccc12. The van der Waals surface area contributed by atoms with Gasteiger partial charge in [0.25, 0.3) is 0 Å². The van der Waals surface area contributed by atoms with Gasteiger partial charge in [0.05, 0.1) is 16.7 Å². The fourth-order valence-electron chi connectivity index (χ4n) is 7.15. The van der Waals surface area contributed by atoms with Crippen molar-refractivity contribution in [1.29, 1.82) is 0 Å². The van der Waals surface area contributed by atoms with Gasteiger partial charge in [-0.15, -0.1) is 11.3 Å². The summed E-state index contributed by atoms with van der Waals surface area (Å²) in [5.41, 5.74) is 6.10. The molecular weight excluding hydrogens is 516 g/mol. The predicted octanol–water partition coefficient (Wildman–Crippen LogP) is 11.1. The number of hydrogen-bond acceptors (Lipinski definition) is 1. The minimum absolute atomic E-state index is 1.19. The topological polar surface area (TPSA) is 20.7 Å². The second kappa shape index (κ2) is 7.75. The van der Waals surface area contributed by atoms with E-state index in [2.05, 4.69) is 137 Å². The van der Waals surface area contributed by atoms with Gasteiger partial charge in [0, 0.05) is 58.1 Å². The number of aromatic amines is 1. The number of hydrogen-bond donors (Lipinski definition) is 1. The van der Waals surface area contributed by atoms with E-state index in [0.29, 0.717) is 0 Å². The van der Waals surface area contributed by atoms with Gasteiger partial charge in [0.15, 0.2) is 0 Å². The number of nitrogens with one attached hydrogen (secondary N) is 1. The zero-order chi connectivity index (χ0) is 26.7. The number of fused-ring (bicyclic) bond motifs is 13. The number of H-pyrrole nitrogens is 1. The van der Waals surface area contributed by atoms with Crippen LogP contribution in [0.25, 0.3) is 91.0 Å². The highest BCUT2D eigenvalue weighted by Crippen LogP contribution is 2.45. The van der Waals surface area contributed by atoms with Crippen molar-refractivity contribution in [3.05, 3.63) is 127 Å². The lowest BCUT2D eigenvalue weighted by Crippen LogP contribution is -1.96. The molecule has 3 heterocycles. The van der Waals surface area contributed by atoms with Gasteiger partial charge >= 0.3 is 0 Å². The maximum absolute atomic E-state index is 3.65. The van der Waals surface area contributed by atoms with Crippen molar-refractivity contribution in [2.75, 3.05) is 0 Å². The second-order valence-electron chi connectivity index (χ2n) is 11.0. The number of benzene rings is 7. The minimum Gasteiger partial charge on any atom is -0.354 e. The van der Waals surface area contributed by atoms with Crippen molar-refractivity contribution < 1.29 is 0 Å². The van der Waals surface area contributed by atoms with E-state index >= 15 is 0 Å². The summed E-state index contributed by atoms with van der Waals surface area (Å²) < 4.78 is 5.14. The first-order valence-electron chi connectivity index (χ1n) is 14.0. The van der Waals surface area contributed by atoms with Crippen LogP contribution in [0.1, 0.15) is 0 Å². The summed E-state index contributed by atoms with van der Waals surface area (Å²) in [6, 6.07) is 46.9. The van der Waals surface area contributed by atoms with Crippen molar-refractivity contribution in [3.8, 4) is 5.69 Å². The molecular formula is C38H22N2S. The lowest BCUT2D eigenvalue weighted by molar-refractivity contribution is 1.20. The first-order chi connectivity index (χ1) is 20.3. The Labute approximate surface area is 238 Å². The first-order valence-corrected chi connectivity index (χ1v) is 14.8. The summed E-state index contributed by atoms with van der Waals surface area (Å²) in [6.07, 6.45) is 0. The van der Waals surface area contributed by atoms with Crippen molar-refractivity contribution in [3.63, 3.8) is 0 Å². The lowest BCUT2D eigenvalue weighted by Gasteiger charge is -2.14. The molecule has 0 fully saturated rings. The van der Waals surface area contributed by atoms with Gasteiger partial charge in [-0.05, 0) is 58.6 Å². The summed E-state index contributed by atoms with van der Waals surface area (Å²) in [5, 5.41) is 13.0. The number of para-hydroxylation sites is 2. The lowest BCUT2D eigenvalue weighted by atomic mass is 10.00. The van der Waals surface area contributed by atoms with Gasteiger partial charge in [0.1, 0.15) is 0 Å². The summed E-state index contributed by atoms with van der Waals surface area (Å²) in [4.78, 5) is 3.65. The molecule has 0 unspecified atom stereocenters. The Bertz CT molecular complexity index is 2700. The van der Waals surface area contributed by atoms with Crippen LogP contribution in [-0.4, -0.2) is 9.55 Å². The van der Waals surface area contributed by atoms with E-state index in [1.54, 1.807) is 0 Å². The monoisotopic (exact) mass is 538 g/mol. The molecule has 0 atom stereocenters. The van der Waals surface area contributed by atoms with Gasteiger partial charge < -0.3 is 9.55 Å². The van der Waals surface area contributed by atoms with Crippen LogP contribution in [0.5, 0.6) is 0 Å². The van der Waals surface area contributed by atoms with E-state index in [1.807, 2.05) is 11.3 Å². The predicted molar refractivity (Wildman–Crippen MR) is 178 cm³/mol. The van der Waals surface area contributed by atoms with Gasteiger partial charge in [-0.2, -0.15) is 0 Å². The van der Waals surface area contributed by atoms with Crippen molar-refractivity contribution in [2.45, 2.75) is 0 Å². The van der Waals surface area contributed by atoms with Crippen LogP contribution >= 0.6 is 11.3 Å². The molecule has 0 aliphatic carbocycles. The standard InChI is InChI=1S/C38H22N2S/c1-2-10-23-22(9-1)19-33(25-12-4-3-11-24(23)25)40-32-16-8-6-13-26(32)28-20-29-36(21-34(28)40)41-35-18-17-31-37(38(29)35)27-14-5-7-15-30(27)39-31/h1-21,39H. The minimum atomic E-state index is 1.19. The summed E-state index contributed by atoms with van der Waals surface area (Å²) in [6.45, 7) is 0. The Hall–Kier alpha value is -5.12. The molecule has 41 heavy (non-hydrogen) atoms. The number of aromatic nitrogens is 2. The van der Waals surface area contributed by atoms with Crippen molar-refractivity contribution >= 4 is 96.7 Å². The molecule has 0 spiro atoms. The summed E-state index contributed by atoms with van der Waals surface area (Å²) in [7, 11) is 0. The largest absolute Gasteiger partial charge is 0.354 e. The Morgan fingerprint density at radius 3 is 2.07 bits per heavy atom. The van der Waals surface area contributed by atoms with Crippen molar-refractivity contribution in [1.82, 2.24) is 9.55 Å². The van der Waals surface area contributed by atoms with Crippen LogP contribution in [0, 0.1) is 0 Å². The van der Waals surface area contributed by atoms with Crippen LogP contribution in [0.3, 0.4) is 0 Å². The smallest absolute Gasteiger partial charge is 0.0555 e. The highest BCUT2D eigenvalue weighted by Gasteiger charge is 2.19. The molecule has 0 saturated heterocycles. The average molecular weight is 539 g/mol. The van der Waals surface area contributed by atoms with E-state index in [4.69, 9.17) is 0 Å². The third-order valence-corrected chi connectivity index (χ3v) is 10.0. The second-order valence-corrected chi connectivity index (χ2v) is 12.1. The van der Waals surface area contributed by atoms with Gasteiger partial charge in [-0.25, -0.2) is 0 Å². The van der Waals surface area contributed by atoms with Crippen LogP contribution < -0.4 is 0 Å². The quantitative estimate of drug-likeness (QED) is 0.201. The molecule has 7 aromatic carbocycles. The highest BCUT2D eigenvalue weighted by atomic mass is 32.1. The fourth-order valence-corrected chi connectivity index (χ4v) is 8.28. The molecule has 0 radical (unpaired) electrons. The van der Waals surface area contributed by atoms with Gasteiger partial charge in [0.2, 0.25) is 0 Å². The number of rotatable bonds is 1. The molecule has 0 aliphatic heterocycles. The molecule has 3 heteroatoms. The zero-order valence-corrected chi connectivity index (χ0v) is 22.8. The molecule has 0 amide bonds. The fraction of sp³-hybridized carbons (Fsp3) is 0. The zero-order valence-electron chi connectivity index (χ0n) is 22.0. The Morgan fingerprint density at radius 2 is 1.17 bits per heavy atom. The van der Waals surface area contributed by atoms with Crippen LogP contribution in [0.2, 0.25) is 0 Å². The van der Waals surface area contributed by atoms with Crippen LogP contribution in [-0.2, 0) is 0 Å². The van der Waals surface area contributed by atoms with E-state index in [0.717, 1.165) is 0 Å². The molecule has 10 aromatic rings. The molecule has 1 N–H and O–H groups in total. The average Bonchev–Trinajstić information content (AvgIpc) is 3.68. The highest BCUT2D eigenvalue weighted by molar-refractivity contribution is 7.26. The van der Waals surface area contributed by atoms with E-state index < -0.39 is 0 Å². The number of thiophene rings is 1. The normalized spacial score (nSPS) is 12.4. The summed E-state index contributed by atoms with van der Waals surface area (Å²) >= 11 is 1.90. The first kappa shape index (κ1) is 21.7. The Kier molecular flexibility index (Phi) is 4.10. The Morgan fingerprint density at radius 1 is 0.439 bits per heavy atom. The van der Waals surface area contributed by atoms with Gasteiger partial charge in [-0.3, -0.25) is 0 Å². The summed E-state index contributed by atoms with van der Waals surface area (Å²) in [5.74, 6) is 0. The van der Waals surface area contributed by atoms with E-state index in [1.165, 1.54) is 91.0 Å². The Balaban J connectivity index is 1.40. The molecule has 3 aromatic heterocycles. The molecule has 0 bridgehead atoms. The molecule has 0 saturated carbocycles. The maximum atomic E-state index is 3.65. The molecule has 2 nitrogen and oxygen atoms in total. The third-order valence-electron chi connectivity index (χ3n) is 8.88. The molecule has 0 aliphatic rings. The molecule has 10 rings (SSSR count). The maximum Gasteiger partial charge on any atom is 0.0555 e. The van der Waals surface area contributed by atoms with E-state index in [-0.39, 0.29) is 0 Å². The van der Waals surface area contributed by atoms with Gasteiger partial charge in [-0.1, -0.05) is 84.9 Å². The third kappa shape index (κ3) is 2.81. The van der Waals surface area contributed by atoms with Crippen molar-refractivity contribution in [2.24, 2.45) is 0 Å². The van der Waals surface area contributed by atoms with E-state index in [9.17, 15) is 0 Å².